The van der Waals surface area contributed by atoms with Crippen LogP contribution in [0.25, 0.3) is 0 Å². The minimum Gasteiger partial charge on any atom is -0.383 e. The van der Waals surface area contributed by atoms with Gasteiger partial charge in [-0.2, -0.15) is 5.10 Å². The number of nitrogens with zero attached hydrogens (tertiary/aromatic N) is 2. The molecule has 1 heterocycles. The van der Waals surface area contributed by atoms with Crippen LogP contribution in [0.4, 0.5) is 4.39 Å². The number of halogens is 2. The third-order valence-electron chi connectivity index (χ3n) is 3.44. The van der Waals surface area contributed by atoms with Gasteiger partial charge in [0, 0.05) is 12.7 Å². The Morgan fingerprint density at radius 3 is 2.90 bits per heavy atom. The molecule has 21 heavy (non-hydrogen) atoms. The van der Waals surface area contributed by atoms with E-state index in [2.05, 4.69) is 26.3 Å². The van der Waals surface area contributed by atoms with Crippen LogP contribution in [0.3, 0.4) is 0 Å². The number of benzene rings is 1. The predicted octanol–water partition coefficient (Wildman–Crippen LogP) is 3.05. The van der Waals surface area contributed by atoms with Crippen molar-refractivity contribution in [3.05, 3.63) is 51.5 Å². The van der Waals surface area contributed by atoms with Gasteiger partial charge in [0.1, 0.15) is 5.82 Å². The molecule has 1 atom stereocenters. The number of aromatic nitrogens is 2. The highest BCUT2D eigenvalue weighted by atomic mass is 79.9. The molecule has 1 aromatic heterocycles. The minimum absolute atomic E-state index is 0.191. The lowest BCUT2D eigenvalue weighted by molar-refractivity contribution is 0.182. The second-order valence-corrected chi connectivity index (χ2v) is 5.65. The average Bonchev–Trinajstić information content (AvgIpc) is 2.83. The lowest BCUT2D eigenvalue weighted by Crippen LogP contribution is -2.24. The summed E-state index contributed by atoms with van der Waals surface area (Å²) in [5.41, 5.74) is 2.13. The van der Waals surface area contributed by atoms with Gasteiger partial charge in [-0.25, -0.2) is 4.39 Å². The fraction of sp³-hybridized carbons (Fsp3) is 0.400. The van der Waals surface area contributed by atoms with Crippen LogP contribution in [-0.4, -0.2) is 30.5 Å². The Labute approximate surface area is 132 Å². The van der Waals surface area contributed by atoms with E-state index in [0.29, 0.717) is 24.3 Å². The van der Waals surface area contributed by atoms with E-state index in [0.717, 1.165) is 10.2 Å². The summed E-state index contributed by atoms with van der Waals surface area (Å²) in [4.78, 5) is 0. The lowest BCUT2D eigenvalue weighted by Gasteiger charge is -2.20. The number of methoxy groups -OCH3 is 1. The molecule has 0 fully saturated rings. The zero-order valence-corrected chi connectivity index (χ0v) is 13.9. The quantitative estimate of drug-likeness (QED) is 0.865. The van der Waals surface area contributed by atoms with Crippen LogP contribution in [0.2, 0.25) is 0 Å². The third-order valence-corrected chi connectivity index (χ3v) is 4.05. The van der Waals surface area contributed by atoms with E-state index in [-0.39, 0.29) is 11.9 Å². The second kappa shape index (κ2) is 7.15. The SMILES string of the molecule is CNC(c1cccc(C)c1F)c1c(Br)cnn1CCOC. The number of ether oxygens (including phenoxy) is 1. The van der Waals surface area contributed by atoms with Crippen LogP contribution >= 0.6 is 15.9 Å². The smallest absolute Gasteiger partial charge is 0.131 e. The number of aryl methyl sites for hydroxylation is 1. The van der Waals surface area contributed by atoms with Gasteiger partial charge in [-0.05, 0) is 35.5 Å². The Bertz CT molecular complexity index is 615. The maximum atomic E-state index is 14.4. The molecular formula is C15H19BrFN3O. The molecule has 0 aliphatic rings. The molecule has 0 saturated carbocycles. The molecule has 0 aliphatic carbocycles. The highest BCUT2D eigenvalue weighted by Crippen LogP contribution is 2.30. The van der Waals surface area contributed by atoms with Crippen molar-refractivity contribution in [3.63, 3.8) is 0 Å². The predicted molar refractivity (Wildman–Crippen MR) is 83.8 cm³/mol. The molecule has 114 valence electrons. The summed E-state index contributed by atoms with van der Waals surface area (Å²) < 4.78 is 22.2. The Hall–Kier alpha value is -1.24. The van der Waals surface area contributed by atoms with E-state index >= 15 is 0 Å². The van der Waals surface area contributed by atoms with Gasteiger partial charge >= 0.3 is 0 Å². The summed E-state index contributed by atoms with van der Waals surface area (Å²) >= 11 is 3.50. The Morgan fingerprint density at radius 2 is 2.24 bits per heavy atom. The van der Waals surface area contributed by atoms with Crippen molar-refractivity contribution < 1.29 is 9.13 Å². The summed E-state index contributed by atoms with van der Waals surface area (Å²) in [6.07, 6.45) is 1.73. The van der Waals surface area contributed by atoms with E-state index in [4.69, 9.17) is 4.74 Å². The van der Waals surface area contributed by atoms with Gasteiger partial charge in [-0.15, -0.1) is 0 Å². The van der Waals surface area contributed by atoms with Crippen LogP contribution < -0.4 is 5.32 Å². The molecule has 0 spiro atoms. The Morgan fingerprint density at radius 1 is 1.48 bits per heavy atom. The maximum Gasteiger partial charge on any atom is 0.131 e. The van der Waals surface area contributed by atoms with E-state index in [9.17, 15) is 4.39 Å². The minimum atomic E-state index is -0.279. The molecule has 0 aliphatic heterocycles. The molecule has 1 unspecified atom stereocenters. The zero-order valence-electron chi connectivity index (χ0n) is 12.4. The van der Waals surface area contributed by atoms with Crippen molar-refractivity contribution >= 4 is 15.9 Å². The zero-order chi connectivity index (χ0) is 15.4. The van der Waals surface area contributed by atoms with Crippen LogP contribution in [-0.2, 0) is 11.3 Å². The molecule has 0 amide bonds. The molecule has 1 aromatic carbocycles. The van der Waals surface area contributed by atoms with Crippen LogP contribution in [0, 0.1) is 12.7 Å². The molecular weight excluding hydrogens is 337 g/mol. The lowest BCUT2D eigenvalue weighted by atomic mass is 10.0. The van der Waals surface area contributed by atoms with E-state index in [1.807, 2.05) is 17.8 Å². The van der Waals surface area contributed by atoms with Gasteiger partial charge in [0.15, 0.2) is 0 Å². The van der Waals surface area contributed by atoms with Crippen LogP contribution in [0.15, 0.2) is 28.9 Å². The monoisotopic (exact) mass is 355 g/mol. The van der Waals surface area contributed by atoms with Crippen LogP contribution in [0.1, 0.15) is 22.9 Å². The summed E-state index contributed by atoms with van der Waals surface area (Å²) in [7, 11) is 3.46. The second-order valence-electron chi connectivity index (χ2n) is 4.79. The van der Waals surface area contributed by atoms with Crippen molar-refractivity contribution in [2.75, 3.05) is 20.8 Å². The number of rotatable bonds is 6. The van der Waals surface area contributed by atoms with Gasteiger partial charge in [-0.3, -0.25) is 4.68 Å². The van der Waals surface area contributed by atoms with Crippen molar-refractivity contribution in [3.8, 4) is 0 Å². The molecule has 2 rings (SSSR count). The molecule has 0 bridgehead atoms. The summed E-state index contributed by atoms with van der Waals surface area (Å²) in [5, 5.41) is 7.50. The highest BCUT2D eigenvalue weighted by Gasteiger charge is 2.23. The van der Waals surface area contributed by atoms with Gasteiger partial charge in [0.05, 0.1) is 35.6 Å². The first-order valence-corrected chi connectivity index (χ1v) is 7.51. The normalized spacial score (nSPS) is 12.6. The van der Waals surface area contributed by atoms with Crippen molar-refractivity contribution in [1.82, 2.24) is 15.1 Å². The van der Waals surface area contributed by atoms with Crippen molar-refractivity contribution in [2.45, 2.75) is 19.5 Å². The van der Waals surface area contributed by atoms with Gasteiger partial charge in [0.25, 0.3) is 0 Å². The summed E-state index contributed by atoms with van der Waals surface area (Å²) in [6.45, 7) is 2.93. The first-order chi connectivity index (χ1) is 10.1. The maximum absolute atomic E-state index is 14.4. The van der Waals surface area contributed by atoms with Gasteiger partial charge in [-0.1, -0.05) is 18.2 Å². The first-order valence-electron chi connectivity index (χ1n) is 6.72. The van der Waals surface area contributed by atoms with Crippen LogP contribution in [0.5, 0.6) is 0 Å². The molecule has 0 saturated heterocycles. The fourth-order valence-corrected chi connectivity index (χ4v) is 2.87. The highest BCUT2D eigenvalue weighted by molar-refractivity contribution is 9.10. The summed E-state index contributed by atoms with van der Waals surface area (Å²) in [5.74, 6) is -0.191. The van der Waals surface area contributed by atoms with E-state index in [1.165, 1.54) is 0 Å². The summed E-state index contributed by atoms with van der Waals surface area (Å²) in [6, 6.07) is 5.15. The molecule has 4 nitrogen and oxygen atoms in total. The topological polar surface area (TPSA) is 39.1 Å². The Kier molecular flexibility index (Phi) is 5.50. The first kappa shape index (κ1) is 16.1. The number of hydrogen-bond donors (Lipinski definition) is 1. The molecule has 6 heteroatoms. The third kappa shape index (κ3) is 3.33. The largest absolute Gasteiger partial charge is 0.383 e. The molecule has 2 aromatic rings. The van der Waals surface area contributed by atoms with Crippen molar-refractivity contribution in [2.24, 2.45) is 0 Å². The van der Waals surface area contributed by atoms with Gasteiger partial charge < -0.3 is 10.1 Å². The Balaban J connectivity index is 2.46. The van der Waals surface area contributed by atoms with E-state index in [1.54, 1.807) is 32.4 Å². The fourth-order valence-electron chi connectivity index (χ4n) is 2.35. The van der Waals surface area contributed by atoms with E-state index < -0.39 is 0 Å². The molecule has 0 radical (unpaired) electrons. The number of nitrogens with one attached hydrogen (secondary N) is 1. The van der Waals surface area contributed by atoms with Gasteiger partial charge in [0.2, 0.25) is 0 Å². The van der Waals surface area contributed by atoms with Crippen molar-refractivity contribution in [1.29, 1.82) is 0 Å². The molecule has 1 N–H and O–H groups in total. The number of hydrogen-bond acceptors (Lipinski definition) is 3. The standard InChI is InChI=1S/C15H19BrFN3O/c1-10-5-4-6-11(13(10)17)14(18-2)15-12(16)9-19-20(15)7-8-21-3/h4-6,9,14,18H,7-8H2,1-3H3. The average molecular weight is 356 g/mol.